The number of nitrogens with zero attached hydrogens (tertiary/aromatic N) is 1. The average Bonchev–Trinajstić information content (AvgIpc) is 2.69. The van der Waals surface area contributed by atoms with E-state index in [1.165, 1.54) is 29.4 Å². The molecule has 0 unspecified atom stereocenters. The topological polar surface area (TPSA) is 95.6 Å². The van der Waals surface area contributed by atoms with Gasteiger partial charge in [-0.25, -0.2) is 8.42 Å². The summed E-state index contributed by atoms with van der Waals surface area (Å²) < 4.78 is 27.4. The third-order valence-corrected chi connectivity index (χ3v) is 7.30. The number of hydrogen-bond acceptors (Lipinski definition) is 4. The zero-order valence-electron chi connectivity index (χ0n) is 16.2. The lowest BCUT2D eigenvalue weighted by Gasteiger charge is -2.31. The molecule has 160 valence electrons. The summed E-state index contributed by atoms with van der Waals surface area (Å²) in [6, 6.07) is 11.0. The Kier molecular flexibility index (Phi) is 7.02. The normalized spacial score (nSPS) is 17.4. The van der Waals surface area contributed by atoms with Gasteiger partial charge in [-0.1, -0.05) is 29.3 Å². The van der Waals surface area contributed by atoms with E-state index < -0.39 is 15.9 Å². The largest absolute Gasteiger partial charge is 0.326 e. The lowest BCUT2D eigenvalue weighted by Crippen LogP contribution is -2.43. The number of carbonyl (C=O) groups is 2. The second-order valence-electron chi connectivity index (χ2n) is 7.03. The van der Waals surface area contributed by atoms with Gasteiger partial charge in [0.15, 0.2) is 0 Å². The van der Waals surface area contributed by atoms with Crippen molar-refractivity contribution in [1.82, 2.24) is 4.31 Å². The van der Waals surface area contributed by atoms with Crippen molar-refractivity contribution in [3.63, 3.8) is 0 Å². The lowest BCUT2D eigenvalue weighted by molar-refractivity contribution is -0.121. The van der Waals surface area contributed by atoms with Crippen LogP contribution in [0.2, 0.25) is 10.0 Å². The number of piperidine rings is 1. The highest BCUT2D eigenvalue weighted by molar-refractivity contribution is 7.89. The van der Waals surface area contributed by atoms with E-state index >= 15 is 0 Å². The van der Waals surface area contributed by atoms with Crippen molar-refractivity contribution in [1.29, 1.82) is 0 Å². The smallest absolute Gasteiger partial charge is 0.244 e. The first-order chi connectivity index (χ1) is 14.2. The maximum Gasteiger partial charge on any atom is 0.244 e. The Morgan fingerprint density at radius 1 is 1.07 bits per heavy atom. The van der Waals surface area contributed by atoms with Gasteiger partial charge in [-0.15, -0.1) is 0 Å². The highest BCUT2D eigenvalue weighted by Crippen LogP contribution is 2.30. The van der Waals surface area contributed by atoms with E-state index in [0.29, 0.717) is 30.8 Å². The molecule has 2 N–H and O–H groups in total. The molecule has 1 aliphatic rings. The lowest BCUT2D eigenvalue weighted by atomic mass is 9.98. The molecule has 0 bridgehead atoms. The van der Waals surface area contributed by atoms with Gasteiger partial charge < -0.3 is 10.6 Å². The number of sulfonamides is 1. The van der Waals surface area contributed by atoms with Gasteiger partial charge in [0, 0.05) is 36.4 Å². The summed E-state index contributed by atoms with van der Waals surface area (Å²) in [6.07, 6.45) is 1.11. The van der Waals surface area contributed by atoms with Gasteiger partial charge in [-0.2, -0.15) is 4.31 Å². The molecule has 10 heteroatoms. The van der Waals surface area contributed by atoms with E-state index in [9.17, 15) is 18.0 Å². The number of benzene rings is 2. The first-order valence-electron chi connectivity index (χ1n) is 9.30. The minimum atomic E-state index is -3.89. The van der Waals surface area contributed by atoms with Crippen molar-refractivity contribution in [3.05, 3.63) is 52.5 Å². The number of halogens is 2. The number of hydrogen-bond donors (Lipinski definition) is 2. The number of anilines is 2. The fraction of sp³-hybridized carbons (Fsp3) is 0.300. The van der Waals surface area contributed by atoms with Crippen LogP contribution in [-0.2, 0) is 19.6 Å². The molecule has 1 atom stereocenters. The number of rotatable bonds is 5. The third-order valence-electron chi connectivity index (χ3n) is 4.72. The molecule has 7 nitrogen and oxygen atoms in total. The molecular formula is C20H21Cl2N3O4S. The SMILES string of the molecule is CC(=O)Nc1cccc(NC(=O)[C@H]2CCCN(S(=O)(=O)c3cc(Cl)ccc3Cl)C2)c1. The molecule has 3 rings (SSSR count). The van der Waals surface area contributed by atoms with Crippen molar-refractivity contribution < 1.29 is 18.0 Å². The Bertz CT molecular complexity index is 1080. The van der Waals surface area contributed by atoms with E-state index in [0.717, 1.165) is 0 Å². The van der Waals surface area contributed by atoms with E-state index in [1.54, 1.807) is 24.3 Å². The van der Waals surface area contributed by atoms with Crippen molar-refractivity contribution in [2.45, 2.75) is 24.7 Å². The molecule has 0 aliphatic carbocycles. The Morgan fingerprint density at radius 2 is 1.77 bits per heavy atom. The van der Waals surface area contributed by atoms with Crippen LogP contribution in [0.5, 0.6) is 0 Å². The van der Waals surface area contributed by atoms with Crippen LogP contribution in [0.15, 0.2) is 47.4 Å². The summed E-state index contributed by atoms with van der Waals surface area (Å²) >= 11 is 12.0. The summed E-state index contributed by atoms with van der Waals surface area (Å²) in [5, 5.41) is 5.80. The van der Waals surface area contributed by atoms with Crippen LogP contribution in [0.4, 0.5) is 11.4 Å². The molecular weight excluding hydrogens is 449 g/mol. The minimum absolute atomic E-state index is 0.0440. The molecule has 1 saturated heterocycles. The highest BCUT2D eigenvalue weighted by Gasteiger charge is 2.34. The Morgan fingerprint density at radius 3 is 2.47 bits per heavy atom. The molecule has 0 aromatic heterocycles. The van der Waals surface area contributed by atoms with E-state index in [2.05, 4.69) is 10.6 Å². The van der Waals surface area contributed by atoms with Gasteiger partial charge in [-0.3, -0.25) is 9.59 Å². The van der Waals surface area contributed by atoms with Gasteiger partial charge in [0.05, 0.1) is 10.9 Å². The van der Waals surface area contributed by atoms with Crippen LogP contribution in [0.3, 0.4) is 0 Å². The van der Waals surface area contributed by atoms with Crippen LogP contribution < -0.4 is 10.6 Å². The van der Waals surface area contributed by atoms with Crippen LogP contribution in [0.25, 0.3) is 0 Å². The van der Waals surface area contributed by atoms with E-state index in [1.807, 2.05) is 0 Å². The van der Waals surface area contributed by atoms with Crippen molar-refractivity contribution in [2.75, 3.05) is 23.7 Å². The maximum absolute atomic E-state index is 13.0. The molecule has 1 heterocycles. The summed E-state index contributed by atoms with van der Waals surface area (Å²) in [5.41, 5.74) is 1.08. The van der Waals surface area contributed by atoms with Gasteiger partial charge in [0.25, 0.3) is 0 Å². The van der Waals surface area contributed by atoms with Gasteiger partial charge in [0.2, 0.25) is 21.8 Å². The van der Waals surface area contributed by atoms with Gasteiger partial charge in [-0.05, 0) is 49.2 Å². The Labute approximate surface area is 185 Å². The molecule has 0 spiro atoms. The van der Waals surface area contributed by atoms with E-state index in [4.69, 9.17) is 23.2 Å². The van der Waals surface area contributed by atoms with Crippen LogP contribution in [0.1, 0.15) is 19.8 Å². The van der Waals surface area contributed by atoms with Crippen molar-refractivity contribution in [3.8, 4) is 0 Å². The fourth-order valence-corrected chi connectivity index (χ4v) is 5.57. The predicted octanol–water partition coefficient (Wildman–Crippen LogP) is 3.99. The van der Waals surface area contributed by atoms with Crippen LogP contribution in [-0.4, -0.2) is 37.6 Å². The summed E-state index contributed by atoms with van der Waals surface area (Å²) in [5.74, 6) is -1.02. The first kappa shape index (κ1) is 22.6. The number of nitrogens with one attached hydrogen (secondary N) is 2. The maximum atomic E-state index is 13.0. The molecule has 1 aliphatic heterocycles. The summed E-state index contributed by atoms with van der Waals surface area (Å²) in [6.45, 7) is 1.74. The Hall–Kier alpha value is -2.13. The number of carbonyl (C=O) groups excluding carboxylic acids is 2. The molecule has 30 heavy (non-hydrogen) atoms. The van der Waals surface area contributed by atoms with E-state index in [-0.39, 0.29) is 33.3 Å². The number of amides is 2. The van der Waals surface area contributed by atoms with Crippen LogP contribution >= 0.6 is 23.2 Å². The molecule has 0 saturated carbocycles. The van der Waals surface area contributed by atoms with Crippen LogP contribution in [0, 0.1) is 5.92 Å². The van der Waals surface area contributed by atoms with Gasteiger partial charge in [0.1, 0.15) is 4.90 Å². The summed E-state index contributed by atoms with van der Waals surface area (Å²) in [7, 11) is -3.89. The molecule has 2 aromatic rings. The fourth-order valence-electron chi connectivity index (χ4n) is 3.31. The minimum Gasteiger partial charge on any atom is -0.326 e. The average molecular weight is 470 g/mol. The van der Waals surface area contributed by atoms with Crippen molar-refractivity contribution >= 4 is 56.4 Å². The summed E-state index contributed by atoms with van der Waals surface area (Å²) in [4.78, 5) is 23.9. The van der Waals surface area contributed by atoms with Gasteiger partial charge >= 0.3 is 0 Å². The molecule has 0 radical (unpaired) electrons. The third kappa shape index (κ3) is 5.31. The zero-order chi connectivity index (χ0) is 21.9. The second-order valence-corrected chi connectivity index (χ2v) is 9.78. The monoisotopic (exact) mass is 469 g/mol. The first-order valence-corrected chi connectivity index (χ1v) is 11.5. The predicted molar refractivity (Wildman–Crippen MR) is 117 cm³/mol. The quantitative estimate of drug-likeness (QED) is 0.691. The second kappa shape index (κ2) is 9.34. The highest BCUT2D eigenvalue weighted by atomic mass is 35.5. The molecule has 2 amide bonds. The molecule has 2 aromatic carbocycles. The van der Waals surface area contributed by atoms with Crippen molar-refractivity contribution in [2.24, 2.45) is 5.92 Å². The Balaban J connectivity index is 1.73. The molecule has 1 fully saturated rings. The standard InChI is InChI=1S/C20H21Cl2N3O4S/c1-13(26)23-16-5-2-6-17(11-16)24-20(27)14-4-3-9-25(12-14)30(28,29)19-10-15(21)7-8-18(19)22/h2,5-8,10-11,14H,3-4,9,12H2,1H3,(H,23,26)(H,24,27)/t14-/m0/s1. The zero-order valence-corrected chi connectivity index (χ0v) is 18.5.